The molecule has 1 aromatic heterocycles. The lowest BCUT2D eigenvalue weighted by molar-refractivity contribution is 0.528. The summed E-state index contributed by atoms with van der Waals surface area (Å²) in [5.74, 6) is 0.500. The number of hydrogen-bond donors (Lipinski definition) is 1. The molecule has 0 aliphatic rings. The van der Waals surface area contributed by atoms with Crippen LogP contribution in [0, 0.1) is 0 Å². The first kappa shape index (κ1) is 16.2. The predicted octanol–water partition coefficient (Wildman–Crippen LogP) is 5.60. The number of benzene rings is 1. The summed E-state index contributed by atoms with van der Waals surface area (Å²) >= 11 is 8.95. The highest BCUT2D eigenvalue weighted by molar-refractivity contribution is 9.11. The van der Waals surface area contributed by atoms with E-state index in [9.17, 15) is 0 Å². The van der Waals surface area contributed by atoms with Crippen molar-refractivity contribution in [1.82, 2.24) is 5.32 Å². The van der Waals surface area contributed by atoms with Crippen LogP contribution in [0.4, 0.5) is 0 Å². The maximum absolute atomic E-state index is 3.57. The molecule has 0 aliphatic carbocycles. The number of thiophene rings is 1. The van der Waals surface area contributed by atoms with Gasteiger partial charge < -0.3 is 5.32 Å². The average molecular weight is 417 g/mol. The number of nitrogens with one attached hydrogen (secondary N) is 1. The molecule has 0 saturated heterocycles. The Morgan fingerprint density at radius 3 is 2.55 bits per heavy atom. The number of halogens is 2. The molecule has 108 valence electrons. The Balaban J connectivity index is 2.15. The van der Waals surface area contributed by atoms with Crippen molar-refractivity contribution in [2.45, 2.75) is 32.2 Å². The zero-order chi connectivity index (χ0) is 14.5. The van der Waals surface area contributed by atoms with Crippen molar-refractivity contribution in [2.24, 2.45) is 0 Å². The van der Waals surface area contributed by atoms with Gasteiger partial charge in [0.2, 0.25) is 0 Å². The van der Waals surface area contributed by atoms with Gasteiger partial charge in [-0.2, -0.15) is 0 Å². The van der Waals surface area contributed by atoms with Crippen molar-refractivity contribution in [3.63, 3.8) is 0 Å². The van der Waals surface area contributed by atoms with Crippen LogP contribution in [0.25, 0.3) is 0 Å². The van der Waals surface area contributed by atoms with Crippen molar-refractivity contribution >= 4 is 43.2 Å². The van der Waals surface area contributed by atoms with Crippen LogP contribution in [-0.2, 0) is 6.42 Å². The normalized spacial score (nSPS) is 12.8. The van der Waals surface area contributed by atoms with E-state index in [1.807, 2.05) is 11.3 Å². The molecule has 0 aliphatic heterocycles. The van der Waals surface area contributed by atoms with E-state index in [0.29, 0.717) is 12.0 Å². The zero-order valence-electron chi connectivity index (χ0n) is 11.7. The molecule has 4 heteroatoms. The van der Waals surface area contributed by atoms with Gasteiger partial charge in [-0.25, -0.2) is 0 Å². The molecule has 1 heterocycles. The molecule has 1 atom stereocenters. The molecule has 2 aromatic rings. The smallest absolute Gasteiger partial charge is 0.0701 e. The highest BCUT2D eigenvalue weighted by atomic mass is 79.9. The maximum atomic E-state index is 3.57. The van der Waals surface area contributed by atoms with Gasteiger partial charge in [-0.15, -0.1) is 11.3 Å². The van der Waals surface area contributed by atoms with Gasteiger partial charge in [0.1, 0.15) is 0 Å². The monoisotopic (exact) mass is 415 g/mol. The molecule has 1 aromatic carbocycles. The third kappa shape index (κ3) is 4.99. The molecule has 1 unspecified atom stereocenters. The van der Waals surface area contributed by atoms with E-state index < -0.39 is 0 Å². The molecule has 0 saturated carbocycles. The minimum Gasteiger partial charge on any atom is -0.314 e. The number of hydrogen-bond acceptors (Lipinski definition) is 2. The van der Waals surface area contributed by atoms with Gasteiger partial charge in [0.05, 0.1) is 3.79 Å². The van der Waals surface area contributed by atoms with Gasteiger partial charge in [-0.05, 0) is 52.2 Å². The summed E-state index contributed by atoms with van der Waals surface area (Å²) in [4.78, 5) is 1.42. The minimum atomic E-state index is 0.500. The van der Waals surface area contributed by atoms with Crippen LogP contribution in [-0.4, -0.2) is 12.6 Å². The fraction of sp³-hybridized carbons (Fsp3) is 0.375. The van der Waals surface area contributed by atoms with E-state index in [2.05, 4.69) is 87.4 Å². The van der Waals surface area contributed by atoms with Gasteiger partial charge in [0.15, 0.2) is 0 Å². The third-order valence-corrected chi connectivity index (χ3v) is 5.31. The minimum absolute atomic E-state index is 0.500. The lowest BCUT2D eigenvalue weighted by Gasteiger charge is -2.19. The summed E-state index contributed by atoms with van der Waals surface area (Å²) in [5, 5.41) is 3.57. The van der Waals surface area contributed by atoms with Crippen LogP contribution in [0.15, 0.2) is 44.7 Å². The average Bonchev–Trinajstić information content (AvgIpc) is 2.80. The Morgan fingerprint density at radius 1 is 1.15 bits per heavy atom. The van der Waals surface area contributed by atoms with Crippen LogP contribution in [0.1, 0.15) is 30.2 Å². The Hall–Kier alpha value is -0.160. The Morgan fingerprint density at radius 2 is 1.95 bits per heavy atom. The van der Waals surface area contributed by atoms with E-state index in [0.717, 1.165) is 17.4 Å². The fourth-order valence-electron chi connectivity index (χ4n) is 2.15. The van der Waals surface area contributed by atoms with Gasteiger partial charge in [0, 0.05) is 27.9 Å². The molecule has 0 radical (unpaired) electrons. The molecule has 1 nitrogen and oxygen atoms in total. The van der Waals surface area contributed by atoms with Crippen molar-refractivity contribution in [2.75, 3.05) is 6.54 Å². The van der Waals surface area contributed by atoms with E-state index in [1.165, 1.54) is 14.2 Å². The SMILES string of the molecule is CC(C)NCC(Cc1ccc(Br)s1)c1cccc(Br)c1. The van der Waals surface area contributed by atoms with Crippen molar-refractivity contribution < 1.29 is 0 Å². The number of rotatable bonds is 6. The Kier molecular flexibility index (Phi) is 6.27. The quantitative estimate of drug-likeness (QED) is 0.646. The second kappa shape index (κ2) is 7.74. The van der Waals surface area contributed by atoms with Crippen molar-refractivity contribution in [1.29, 1.82) is 0 Å². The van der Waals surface area contributed by atoms with Crippen LogP contribution in [0.2, 0.25) is 0 Å². The molecule has 0 amide bonds. The lowest BCUT2D eigenvalue weighted by Crippen LogP contribution is -2.28. The first-order valence-corrected chi connectivity index (χ1v) is 9.18. The van der Waals surface area contributed by atoms with Crippen molar-refractivity contribution in [3.8, 4) is 0 Å². The van der Waals surface area contributed by atoms with Crippen molar-refractivity contribution in [3.05, 3.63) is 55.1 Å². The summed E-state index contributed by atoms with van der Waals surface area (Å²) in [6.45, 7) is 5.39. The molecule has 2 rings (SSSR count). The fourth-order valence-corrected chi connectivity index (χ4v) is 4.13. The van der Waals surface area contributed by atoms with Gasteiger partial charge in [0.25, 0.3) is 0 Å². The summed E-state index contributed by atoms with van der Waals surface area (Å²) in [6.07, 6.45) is 1.08. The summed E-state index contributed by atoms with van der Waals surface area (Å²) in [5.41, 5.74) is 1.39. The largest absolute Gasteiger partial charge is 0.314 e. The predicted molar refractivity (Wildman–Crippen MR) is 95.7 cm³/mol. The molecule has 0 spiro atoms. The lowest BCUT2D eigenvalue weighted by atomic mass is 9.94. The van der Waals surface area contributed by atoms with E-state index in [1.54, 1.807) is 0 Å². The first-order chi connectivity index (χ1) is 9.54. The summed E-state index contributed by atoms with van der Waals surface area (Å²) in [7, 11) is 0. The second-order valence-corrected chi connectivity index (χ2v) is 8.69. The summed E-state index contributed by atoms with van der Waals surface area (Å²) in [6, 6.07) is 13.5. The Labute approximate surface area is 142 Å². The second-order valence-electron chi connectivity index (χ2n) is 5.22. The van der Waals surface area contributed by atoms with Gasteiger partial charge in [-0.1, -0.05) is 41.9 Å². The van der Waals surface area contributed by atoms with Crippen LogP contribution in [0.5, 0.6) is 0 Å². The van der Waals surface area contributed by atoms with Gasteiger partial charge >= 0.3 is 0 Å². The molecule has 0 fully saturated rings. The van der Waals surface area contributed by atoms with E-state index >= 15 is 0 Å². The standard InChI is InChI=1S/C16H19Br2NS/c1-11(2)19-10-13(9-15-6-7-16(18)20-15)12-4-3-5-14(17)8-12/h3-8,11,13,19H,9-10H2,1-2H3. The molecule has 20 heavy (non-hydrogen) atoms. The van der Waals surface area contributed by atoms with Gasteiger partial charge in [-0.3, -0.25) is 0 Å². The van der Waals surface area contributed by atoms with Crippen LogP contribution in [0.3, 0.4) is 0 Å². The molecular formula is C16H19Br2NS. The summed E-state index contributed by atoms with van der Waals surface area (Å²) < 4.78 is 2.36. The highest BCUT2D eigenvalue weighted by Crippen LogP contribution is 2.29. The first-order valence-electron chi connectivity index (χ1n) is 6.77. The molecular weight excluding hydrogens is 398 g/mol. The van der Waals surface area contributed by atoms with Crippen LogP contribution < -0.4 is 5.32 Å². The topological polar surface area (TPSA) is 12.0 Å². The third-order valence-electron chi connectivity index (χ3n) is 3.17. The van der Waals surface area contributed by atoms with Crippen LogP contribution >= 0.6 is 43.2 Å². The molecule has 1 N–H and O–H groups in total. The van der Waals surface area contributed by atoms with E-state index in [-0.39, 0.29) is 0 Å². The zero-order valence-corrected chi connectivity index (χ0v) is 15.7. The van der Waals surface area contributed by atoms with E-state index in [4.69, 9.17) is 0 Å². The molecule has 0 bridgehead atoms. The Bertz CT molecular complexity index is 551. The highest BCUT2D eigenvalue weighted by Gasteiger charge is 2.14. The maximum Gasteiger partial charge on any atom is 0.0701 e.